The van der Waals surface area contributed by atoms with Crippen LogP contribution in [-0.4, -0.2) is 54.4 Å². The number of methoxy groups -OCH3 is 2. The summed E-state index contributed by atoms with van der Waals surface area (Å²) in [6.45, 7) is 24.1. The average Bonchev–Trinajstić information content (AvgIpc) is 1.74. The van der Waals surface area contributed by atoms with Gasteiger partial charge in [-0.15, -0.1) is 17.8 Å². The second kappa shape index (κ2) is 37.1. The lowest BCUT2D eigenvalue weighted by Crippen LogP contribution is -2.34. The Morgan fingerprint density at radius 3 is 1.04 bits per heavy atom. The summed E-state index contributed by atoms with van der Waals surface area (Å²) in [5.74, 6) is 18.3. The normalized spacial score (nSPS) is 14.9. The molecule has 0 amide bonds. The predicted octanol–water partition coefficient (Wildman–Crippen LogP) is 19.4. The third-order valence-electron chi connectivity index (χ3n) is 19.6. The monoisotopic (exact) mass is 1470 g/mol. The zero-order valence-corrected chi connectivity index (χ0v) is 64.6. The summed E-state index contributed by atoms with van der Waals surface area (Å²) in [7, 11) is 1.44. The number of halogens is 1. The zero-order chi connectivity index (χ0) is 75.6. The van der Waals surface area contributed by atoms with Gasteiger partial charge in [0, 0.05) is 4.47 Å². The highest BCUT2D eigenvalue weighted by atomic mass is 79.9. The molecular formula is C92H96BBrO11. The largest absolute Gasteiger partial charge is 0.488 e. The SMILES string of the molecule is CC#C[C@H](CC(=O)O)c1ccc(OC2CCc3cc(-c4c(C)cc(C)cc4C)ccc32)cc1.CC#C[C@H](CC(=O)OC)c1ccc(OC2CCc3cc(-c4c(C)cc(C)cc4C)ccc32)cc1.CC#C[C@H](CC(=O)OC)c1ccc(OC2CCc3cc(Br)ccc32)cc1.Cc1cc(C)c(B(O)O)c(C)c1. The highest BCUT2D eigenvalue weighted by molar-refractivity contribution is 9.10. The van der Waals surface area contributed by atoms with Crippen LogP contribution in [0.25, 0.3) is 22.3 Å². The summed E-state index contributed by atoms with van der Waals surface area (Å²) >= 11 is 3.52. The number of fused-ring (bicyclic) bond motifs is 3. The van der Waals surface area contributed by atoms with Crippen molar-refractivity contribution in [2.75, 3.05) is 14.2 Å². The van der Waals surface area contributed by atoms with E-state index in [9.17, 15) is 14.4 Å². The van der Waals surface area contributed by atoms with Crippen molar-refractivity contribution in [3.05, 3.63) is 268 Å². The molecule has 0 fully saturated rings. The van der Waals surface area contributed by atoms with Crippen LogP contribution in [0.3, 0.4) is 0 Å². The molecule has 0 bridgehead atoms. The van der Waals surface area contributed by atoms with Gasteiger partial charge in [0.1, 0.15) is 35.6 Å². The second-order valence-electron chi connectivity index (χ2n) is 27.5. The number of carboxylic acid groups (broad SMARTS) is 1. The van der Waals surface area contributed by atoms with Crippen molar-refractivity contribution in [1.82, 2.24) is 0 Å². The van der Waals surface area contributed by atoms with E-state index < -0.39 is 13.1 Å². The lowest BCUT2D eigenvalue weighted by atomic mass is 9.74. The first-order valence-corrected chi connectivity index (χ1v) is 36.7. The van der Waals surface area contributed by atoms with Crippen LogP contribution < -0.4 is 19.7 Å². The van der Waals surface area contributed by atoms with Gasteiger partial charge in [-0.1, -0.05) is 177 Å². The van der Waals surface area contributed by atoms with Crippen LogP contribution in [-0.2, 0) is 43.1 Å². The minimum atomic E-state index is -1.36. The van der Waals surface area contributed by atoms with Gasteiger partial charge in [-0.3, -0.25) is 14.4 Å². The number of benzene rings is 9. The number of carbonyl (C=O) groups excluding carboxylic acids is 2. The van der Waals surface area contributed by atoms with E-state index in [1.807, 2.05) is 106 Å². The molecule has 3 aliphatic rings. The number of hydrogen-bond donors (Lipinski definition) is 3. The molecule has 0 aromatic heterocycles. The van der Waals surface area contributed by atoms with Crippen molar-refractivity contribution in [2.24, 2.45) is 0 Å². The topological polar surface area (TPSA) is 158 Å². The third kappa shape index (κ3) is 20.9. The molecule has 9 aromatic rings. The van der Waals surface area contributed by atoms with Crippen molar-refractivity contribution < 1.29 is 53.2 Å². The Bertz CT molecular complexity index is 4720. The van der Waals surface area contributed by atoms with Crippen LogP contribution in [0.2, 0.25) is 0 Å². The molecule has 540 valence electrons. The second-order valence-corrected chi connectivity index (χ2v) is 28.5. The number of aryl methyl sites for hydroxylation is 12. The Hall–Kier alpha value is -10.1. The van der Waals surface area contributed by atoms with E-state index in [1.165, 1.54) is 103 Å². The molecule has 0 spiro atoms. The molecule has 3 unspecified atom stereocenters. The van der Waals surface area contributed by atoms with Gasteiger partial charge in [0.15, 0.2) is 0 Å². The number of hydrogen-bond acceptors (Lipinski definition) is 10. The maximum atomic E-state index is 11.7. The first-order chi connectivity index (χ1) is 50.4. The number of ether oxygens (including phenoxy) is 5. The molecule has 0 heterocycles. The summed E-state index contributed by atoms with van der Waals surface area (Å²) in [6.07, 6.45) is 6.63. The van der Waals surface area contributed by atoms with Crippen molar-refractivity contribution >= 4 is 46.4 Å². The Morgan fingerprint density at radius 2 is 0.733 bits per heavy atom. The maximum Gasteiger partial charge on any atom is 0.488 e. The molecular weight excluding hydrogens is 1370 g/mol. The van der Waals surface area contributed by atoms with Gasteiger partial charge in [-0.2, -0.15) is 0 Å². The van der Waals surface area contributed by atoms with E-state index in [0.29, 0.717) is 5.46 Å². The minimum Gasteiger partial charge on any atom is -0.486 e. The third-order valence-corrected chi connectivity index (χ3v) is 20.1. The highest BCUT2D eigenvalue weighted by Gasteiger charge is 2.29. The Morgan fingerprint density at radius 1 is 0.429 bits per heavy atom. The molecule has 105 heavy (non-hydrogen) atoms. The number of carboxylic acids is 1. The summed E-state index contributed by atoms with van der Waals surface area (Å²) in [5.41, 5.74) is 27.5. The zero-order valence-electron chi connectivity index (χ0n) is 63.0. The van der Waals surface area contributed by atoms with E-state index in [1.54, 1.807) is 20.8 Å². The van der Waals surface area contributed by atoms with Gasteiger partial charge >= 0.3 is 25.0 Å². The molecule has 3 aliphatic carbocycles. The molecule has 11 nitrogen and oxygen atoms in total. The summed E-state index contributed by atoms with van der Waals surface area (Å²) in [6, 6.07) is 56.3. The Labute approximate surface area is 630 Å². The van der Waals surface area contributed by atoms with Crippen molar-refractivity contribution in [3.63, 3.8) is 0 Å². The van der Waals surface area contributed by atoms with Crippen LogP contribution in [0.5, 0.6) is 17.2 Å². The van der Waals surface area contributed by atoms with Gasteiger partial charge in [0.25, 0.3) is 0 Å². The average molecular weight is 1470 g/mol. The molecule has 0 aliphatic heterocycles. The minimum absolute atomic E-state index is 0.000686. The van der Waals surface area contributed by atoms with Gasteiger partial charge < -0.3 is 38.8 Å². The quantitative estimate of drug-likeness (QED) is 0.0427. The summed E-state index contributed by atoms with van der Waals surface area (Å²) in [5, 5.41) is 27.2. The number of esters is 2. The lowest BCUT2D eigenvalue weighted by molar-refractivity contribution is -0.141. The highest BCUT2D eigenvalue weighted by Crippen LogP contribution is 2.42. The number of carbonyl (C=O) groups is 3. The molecule has 0 saturated heterocycles. The van der Waals surface area contributed by atoms with Gasteiger partial charge in [-0.05, 0) is 270 Å². The molecule has 12 rings (SSSR count). The van der Waals surface area contributed by atoms with Crippen LogP contribution in [0.1, 0.15) is 196 Å². The Balaban J connectivity index is 0.000000170. The summed E-state index contributed by atoms with van der Waals surface area (Å²) < 4.78 is 29.6. The lowest BCUT2D eigenvalue weighted by Gasteiger charge is -2.17. The maximum absolute atomic E-state index is 11.7. The van der Waals surface area contributed by atoms with E-state index in [-0.39, 0.29) is 67.3 Å². The molecule has 3 N–H and O–H groups in total. The standard InChI is InChI=1S/C31H32O3.C30H30O3.C22H21BrO3.C9H13BO2/c1-6-7-24(19-30(32)33-5)23-8-12-27(13-9-23)34-29-15-11-25-18-26(10-14-28(25)29)31-21(3)16-20(2)17-22(31)4;1-5-6-23(18-29(31)32)22-7-11-26(12-8-22)33-28-14-10-24-17-25(9-13-27(24)28)30-20(3)15-19(2)16-21(30)4;1-3-4-16(14-22(24)25-2)15-5-9-19(10-6-15)26-21-12-7-17-13-18(23)8-11-20(17)21;1-6-4-7(2)9(10(11)12)8(3)5-6/h8-10,12-14,16-18,24,29H,11,15,19H2,1-5H3;7-9,11-13,15-17,23,28H,10,14,18H2,1-4H3,(H,31,32);5-6,8-11,13,16,21H,7,12,14H2,1-2H3;4-5,11-12H,1-3H3/t24-,29?;23-,28?;16-,21?;/m111./s1. The van der Waals surface area contributed by atoms with Crippen molar-refractivity contribution in [1.29, 1.82) is 0 Å². The molecule has 6 atom stereocenters. The number of aliphatic carboxylic acids is 1. The first kappa shape index (κ1) is 79.1. The Kier molecular flexibility index (Phi) is 27.9. The van der Waals surface area contributed by atoms with Crippen molar-refractivity contribution in [3.8, 4) is 75.0 Å². The molecule has 0 saturated carbocycles. The van der Waals surface area contributed by atoms with E-state index in [4.69, 9.17) is 38.8 Å². The molecule has 0 radical (unpaired) electrons. The number of rotatable bonds is 18. The van der Waals surface area contributed by atoms with Crippen LogP contribution in [0, 0.1) is 97.8 Å². The fourth-order valence-corrected chi connectivity index (χ4v) is 15.4. The molecule has 13 heteroatoms. The fourth-order valence-electron chi connectivity index (χ4n) is 15.0. The van der Waals surface area contributed by atoms with Gasteiger partial charge in [0.2, 0.25) is 0 Å². The smallest absolute Gasteiger partial charge is 0.486 e. The van der Waals surface area contributed by atoms with Crippen LogP contribution in [0.15, 0.2) is 168 Å². The van der Waals surface area contributed by atoms with Crippen LogP contribution in [0.4, 0.5) is 0 Å². The van der Waals surface area contributed by atoms with E-state index in [0.717, 1.165) is 93.6 Å². The van der Waals surface area contributed by atoms with E-state index in [2.05, 4.69) is 172 Å². The van der Waals surface area contributed by atoms with Gasteiger partial charge in [0.05, 0.1) is 51.2 Å². The van der Waals surface area contributed by atoms with Crippen LogP contribution >= 0.6 is 15.9 Å². The molecule has 9 aromatic carbocycles. The van der Waals surface area contributed by atoms with E-state index >= 15 is 0 Å². The van der Waals surface area contributed by atoms with Gasteiger partial charge in [-0.25, -0.2) is 0 Å². The fraction of sp³-hybridized carbons (Fsp3) is 0.315. The first-order valence-electron chi connectivity index (χ1n) is 35.9. The summed E-state index contributed by atoms with van der Waals surface area (Å²) in [4.78, 5) is 34.5. The van der Waals surface area contributed by atoms with Crippen molar-refractivity contribution in [2.45, 2.75) is 177 Å². The predicted molar refractivity (Wildman–Crippen MR) is 425 cm³/mol.